The van der Waals surface area contributed by atoms with Crippen LogP contribution in [0, 0.1) is 11.8 Å². The lowest BCUT2D eigenvalue weighted by Crippen LogP contribution is -2.37. The van der Waals surface area contributed by atoms with Crippen LogP contribution in [-0.4, -0.2) is 63.3 Å². The summed E-state index contributed by atoms with van der Waals surface area (Å²) >= 11 is 0. The quantitative estimate of drug-likeness (QED) is 0.0379. The van der Waals surface area contributed by atoms with E-state index in [0.29, 0.717) is 55.8 Å². The molecule has 1 aromatic rings. The van der Waals surface area contributed by atoms with Crippen molar-refractivity contribution in [1.82, 2.24) is 4.90 Å². The number of nitrogens with zero attached hydrogens (tertiary/aromatic N) is 1. The van der Waals surface area contributed by atoms with Gasteiger partial charge in [0.2, 0.25) is 0 Å². The molecule has 9 heteroatoms. The largest absolute Gasteiger partial charge is 0.465 e. The lowest BCUT2D eigenvalue weighted by Gasteiger charge is -2.23. The van der Waals surface area contributed by atoms with Crippen LogP contribution >= 0.6 is 0 Å². The van der Waals surface area contributed by atoms with E-state index in [4.69, 9.17) is 9.47 Å². The molecule has 0 aliphatic heterocycles. The third-order valence-corrected chi connectivity index (χ3v) is 11.6. The molecule has 0 unspecified atom stereocenters. The maximum absolute atomic E-state index is 12.6. The average Bonchev–Trinajstić information content (AvgIpc) is 3.21. The molecule has 0 bridgehead atoms. The van der Waals surface area contributed by atoms with Crippen molar-refractivity contribution < 1.29 is 19.1 Å². The van der Waals surface area contributed by atoms with Gasteiger partial charge in [-0.1, -0.05) is 143 Å². The van der Waals surface area contributed by atoms with Crippen LogP contribution in [0.15, 0.2) is 9.59 Å². The Balaban J connectivity index is 2.38. The summed E-state index contributed by atoms with van der Waals surface area (Å²) in [7, 11) is 1.67. The van der Waals surface area contributed by atoms with Crippen LogP contribution in [0.2, 0.25) is 0 Å². The van der Waals surface area contributed by atoms with Gasteiger partial charge in [0.15, 0.2) is 0 Å². The number of anilines is 2. The predicted octanol–water partition coefficient (Wildman–Crippen LogP) is 11.7. The van der Waals surface area contributed by atoms with Gasteiger partial charge in [0.25, 0.3) is 10.9 Å². The van der Waals surface area contributed by atoms with Crippen LogP contribution in [0.3, 0.4) is 0 Å². The van der Waals surface area contributed by atoms with Crippen LogP contribution < -0.4 is 21.5 Å². The van der Waals surface area contributed by atoms with Gasteiger partial charge in [-0.25, -0.2) is 0 Å². The highest BCUT2D eigenvalue weighted by Crippen LogP contribution is 2.20. The van der Waals surface area contributed by atoms with Crippen LogP contribution in [0.5, 0.6) is 0 Å². The van der Waals surface area contributed by atoms with Gasteiger partial charge >= 0.3 is 11.9 Å². The fourth-order valence-electron chi connectivity index (χ4n) is 7.81. The summed E-state index contributed by atoms with van der Waals surface area (Å²) in [5.74, 6) is 0.955. The molecule has 0 fully saturated rings. The first-order valence-corrected chi connectivity index (χ1v) is 24.1. The summed E-state index contributed by atoms with van der Waals surface area (Å²) in [5, 5.41) is 6.00. The van der Waals surface area contributed by atoms with E-state index in [2.05, 4.69) is 43.2 Å². The highest BCUT2D eigenvalue weighted by Gasteiger charge is 2.19. The number of rotatable bonds is 42. The summed E-state index contributed by atoms with van der Waals surface area (Å²) < 4.78 is 11.4. The lowest BCUT2D eigenvalue weighted by atomic mass is 9.95. The number of ether oxygens (including phenoxy) is 2. The van der Waals surface area contributed by atoms with Crippen molar-refractivity contribution in [2.75, 3.05) is 57.1 Å². The minimum atomic E-state index is -0.441. The number of hydrogen-bond acceptors (Lipinski definition) is 9. The molecule has 0 saturated carbocycles. The van der Waals surface area contributed by atoms with Crippen molar-refractivity contribution in [1.29, 1.82) is 0 Å². The summed E-state index contributed by atoms with van der Waals surface area (Å²) in [6, 6.07) is 0. The molecular formula is C48H89N3O6. The van der Waals surface area contributed by atoms with E-state index >= 15 is 0 Å². The highest BCUT2D eigenvalue weighted by molar-refractivity contribution is 5.73. The van der Waals surface area contributed by atoms with E-state index in [1.165, 1.54) is 89.9 Å². The molecule has 0 spiro atoms. The predicted molar refractivity (Wildman–Crippen MR) is 241 cm³/mol. The highest BCUT2D eigenvalue weighted by atomic mass is 16.5. The molecule has 2 N–H and O–H groups in total. The molecule has 0 atom stereocenters. The summed E-state index contributed by atoms with van der Waals surface area (Å²) in [4.78, 5) is 51.2. The first-order valence-electron chi connectivity index (χ1n) is 24.1. The molecule has 0 saturated heterocycles. The zero-order valence-electron chi connectivity index (χ0n) is 37.8. The van der Waals surface area contributed by atoms with Gasteiger partial charge in [0.1, 0.15) is 11.4 Å². The molecule has 0 radical (unpaired) electrons. The van der Waals surface area contributed by atoms with Crippen molar-refractivity contribution in [3.63, 3.8) is 0 Å². The van der Waals surface area contributed by atoms with Crippen LogP contribution in [0.1, 0.15) is 214 Å². The molecule has 57 heavy (non-hydrogen) atoms. The lowest BCUT2D eigenvalue weighted by molar-refractivity contribution is -0.146. The van der Waals surface area contributed by atoms with E-state index in [1.807, 2.05) is 0 Å². The van der Waals surface area contributed by atoms with Crippen LogP contribution in [0.25, 0.3) is 0 Å². The molecule has 9 nitrogen and oxygen atoms in total. The zero-order valence-corrected chi connectivity index (χ0v) is 37.8. The SMILES string of the molecule is CCCCCCC(CCCCCC)COC(=O)CCCCCCCN(CCCCCCCC(=O)OCC(CCCC)CCCC)CCCNc1c(NC)c(=O)c1=O. The van der Waals surface area contributed by atoms with Crippen molar-refractivity contribution in [3.05, 3.63) is 20.4 Å². The molecule has 0 aliphatic rings. The Labute approximate surface area is 349 Å². The monoisotopic (exact) mass is 804 g/mol. The van der Waals surface area contributed by atoms with Gasteiger partial charge in [-0.05, 0) is 89.3 Å². The van der Waals surface area contributed by atoms with Gasteiger partial charge in [0.05, 0.1) is 13.2 Å². The van der Waals surface area contributed by atoms with Crippen molar-refractivity contribution >= 4 is 23.3 Å². The van der Waals surface area contributed by atoms with Crippen molar-refractivity contribution in [3.8, 4) is 0 Å². The second-order valence-electron chi connectivity index (χ2n) is 16.9. The van der Waals surface area contributed by atoms with Gasteiger partial charge in [-0.2, -0.15) is 0 Å². The van der Waals surface area contributed by atoms with E-state index in [9.17, 15) is 19.2 Å². The summed E-state index contributed by atoms with van der Waals surface area (Å²) in [6.07, 6.45) is 32.2. The van der Waals surface area contributed by atoms with Crippen molar-refractivity contribution in [2.24, 2.45) is 11.8 Å². The average molecular weight is 804 g/mol. The van der Waals surface area contributed by atoms with Gasteiger partial charge < -0.3 is 25.0 Å². The molecule has 332 valence electrons. The molecule has 1 aromatic carbocycles. The van der Waals surface area contributed by atoms with Crippen LogP contribution in [-0.2, 0) is 19.1 Å². The van der Waals surface area contributed by atoms with E-state index in [0.717, 1.165) is 103 Å². The minimum Gasteiger partial charge on any atom is -0.465 e. The smallest absolute Gasteiger partial charge is 0.305 e. The fourth-order valence-corrected chi connectivity index (χ4v) is 7.81. The van der Waals surface area contributed by atoms with E-state index < -0.39 is 10.9 Å². The number of unbranched alkanes of at least 4 members (excludes halogenated alkanes) is 16. The molecular weight excluding hydrogens is 715 g/mol. The van der Waals surface area contributed by atoms with E-state index in [1.54, 1.807) is 7.05 Å². The molecule has 0 heterocycles. The van der Waals surface area contributed by atoms with Gasteiger partial charge in [-0.3, -0.25) is 19.2 Å². The summed E-state index contributed by atoms with van der Waals surface area (Å²) in [5.41, 5.74) is -0.0647. The van der Waals surface area contributed by atoms with Crippen molar-refractivity contribution in [2.45, 2.75) is 214 Å². The molecule has 0 amide bonds. The zero-order chi connectivity index (χ0) is 41.8. The molecule has 0 aliphatic carbocycles. The Kier molecular flexibility index (Phi) is 33.8. The minimum absolute atomic E-state index is 0.0267. The number of carbonyl (C=O) groups excluding carboxylic acids is 2. The second kappa shape index (κ2) is 36.6. The van der Waals surface area contributed by atoms with E-state index in [-0.39, 0.29) is 11.9 Å². The first-order chi connectivity index (χ1) is 27.8. The normalized spacial score (nSPS) is 11.6. The Morgan fingerprint density at radius 2 is 0.877 bits per heavy atom. The third kappa shape index (κ3) is 27.1. The molecule has 1 rings (SSSR count). The number of esters is 2. The van der Waals surface area contributed by atoms with Gasteiger partial charge in [0, 0.05) is 26.4 Å². The maximum atomic E-state index is 12.6. The standard InChI is InChI=1S/C48H89N3O6/c1-6-10-14-22-31-42(32-23-15-11-7-2)40-57-44(53)34-25-19-17-21-27-37-51(38-28-35-50-46-45(49-5)47(54)48(46)55)36-26-20-16-18-24-33-43(52)56-39-41(29-12-8-3)30-13-9-4/h41-42,49-50H,6-40H2,1-5H3. The Morgan fingerprint density at radius 1 is 0.491 bits per heavy atom. The Bertz CT molecular complexity index is 1160. The Hall–Kier alpha value is -2.42. The summed E-state index contributed by atoms with van der Waals surface area (Å²) in [6.45, 7) is 13.8. The second-order valence-corrected chi connectivity index (χ2v) is 16.9. The first kappa shape index (κ1) is 52.6. The van der Waals surface area contributed by atoms with Gasteiger partial charge in [-0.15, -0.1) is 0 Å². The number of hydrogen-bond donors (Lipinski definition) is 2. The van der Waals surface area contributed by atoms with Crippen LogP contribution in [0.4, 0.5) is 11.4 Å². The topological polar surface area (TPSA) is 114 Å². The molecule has 0 aromatic heterocycles. The third-order valence-electron chi connectivity index (χ3n) is 11.6. The maximum Gasteiger partial charge on any atom is 0.305 e. The number of nitrogens with one attached hydrogen (secondary N) is 2. The fraction of sp³-hybridized carbons (Fsp3) is 0.875. The Morgan fingerprint density at radius 3 is 1.33 bits per heavy atom. The number of carbonyl (C=O) groups is 2.